The van der Waals surface area contributed by atoms with E-state index in [1.54, 1.807) is 0 Å². The first-order valence-corrected chi connectivity index (χ1v) is 8.01. The molecule has 9 nitrogen and oxygen atoms in total. The monoisotopic (exact) mass is 410 g/mol. The van der Waals surface area contributed by atoms with Gasteiger partial charge in [0.2, 0.25) is 0 Å². The predicted molar refractivity (Wildman–Crippen MR) is 92.5 cm³/mol. The molecule has 0 saturated heterocycles. The third-order valence-electron chi connectivity index (χ3n) is 4.10. The highest BCUT2D eigenvalue weighted by molar-refractivity contribution is 6.00. The smallest absolute Gasteiger partial charge is 0.417 e. The fraction of sp³-hybridized carbons (Fsp3) is 0.176. The summed E-state index contributed by atoms with van der Waals surface area (Å²) >= 11 is 0. The molecule has 0 bridgehead atoms. The number of nitrogens with one attached hydrogen (secondary N) is 1. The maximum Gasteiger partial charge on any atom is 0.417 e. The molecule has 0 aliphatic heterocycles. The SMILES string of the molecule is Cn1c(=O)c(C(=O)NCC(=O)O)c(O)c2cc(-c3ccccc3C(F)(F)F)nn21. The summed E-state index contributed by atoms with van der Waals surface area (Å²) in [7, 11) is 1.19. The van der Waals surface area contributed by atoms with E-state index in [1.807, 2.05) is 5.32 Å². The van der Waals surface area contributed by atoms with Gasteiger partial charge in [0.1, 0.15) is 12.1 Å². The minimum atomic E-state index is -4.66. The molecule has 29 heavy (non-hydrogen) atoms. The van der Waals surface area contributed by atoms with Crippen molar-refractivity contribution < 1.29 is 33.0 Å². The van der Waals surface area contributed by atoms with E-state index >= 15 is 0 Å². The molecule has 152 valence electrons. The van der Waals surface area contributed by atoms with Crippen molar-refractivity contribution in [3.8, 4) is 17.0 Å². The van der Waals surface area contributed by atoms with Gasteiger partial charge in [0, 0.05) is 12.6 Å². The minimum absolute atomic E-state index is 0.189. The Hall–Kier alpha value is -3.83. The zero-order valence-corrected chi connectivity index (χ0v) is 14.7. The number of benzene rings is 1. The Balaban J connectivity index is 2.21. The highest BCUT2D eigenvalue weighted by Gasteiger charge is 2.34. The van der Waals surface area contributed by atoms with E-state index in [2.05, 4.69) is 5.10 Å². The molecule has 3 N–H and O–H groups in total. The number of aromatic nitrogens is 3. The number of carbonyl (C=O) groups is 2. The maximum atomic E-state index is 13.3. The van der Waals surface area contributed by atoms with Gasteiger partial charge in [-0.2, -0.15) is 22.9 Å². The Morgan fingerprint density at radius 3 is 2.52 bits per heavy atom. The van der Waals surface area contributed by atoms with Gasteiger partial charge in [-0.25, -0.2) is 4.68 Å². The van der Waals surface area contributed by atoms with Crippen LogP contribution in [0, 0.1) is 0 Å². The molecule has 0 radical (unpaired) electrons. The summed E-state index contributed by atoms with van der Waals surface area (Å²) in [6.45, 7) is -0.796. The van der Waals surface area contributed by atoms with Crippen molar-refractivity contribution in [2.24, 2.45) is 7.05 Å². The van der Waals surface area contributed by atoms with Gasteiger partial charge in [0.15, 0.2) is 11.3 Å². The Bertz CT molecular complexity index is 1200. The summed E-state index contributed by atoms with van der Waals surface area (Å²) in [5, 5.41) is 24.9. The molecular formula is C17H13F3N4O5. The number of nitrogens with zero attached hydrogens (tertiary/aromatic N) is 3. The Morgan fingerprint density at radius 2 is 1.90 bits per heavy atom. The maximum absolute atomic E-state index is 13.3. The highest BCUT2D eigenvalue weighted by atomic mass is 19.4. The molecule has 0 aliphatic carbocycles. The van der Waals surface area contributed by atoms with Gasteiger partial charge < -0.3 is 15.5 Å². The quantitative estimate of drug-likeness (QED) is 0.594. The molecule has 0 atom stereocenters. The van der Waals surface area contributed by atoms with E-state index < -0.39 is 47.0 Å². The summed E-state index contributed by atoms with van der Waals surface area (Å²) in [4.78, 5) is 35.1. The summed E-state index contributed by atoms with van der Waals surface area (Å²) in [5.41, 5.74) is -3.42. The molecule has 2 heterocycles. The van der Waals surface area contributed by atoms with Crippen LogP contribution in [-0.4, -0.2) is 43.0 Å². The number of carboxylic acids is 1. The lowest BCUT2D eigenvalue weighted by Crippen LogP contribution is -2.36. The van der Waals surface area contributed by atoms with Crippen LogP contribution in [0.4, 0.5) is 13.2 Å². The number of halogens is 3. The van der Waals surface area contributed by atoms with Crippen LogP contribution in [0.2, 0.25) is 0 Å². The number of alkyl halides is 3. The van der Waals surface area contributed by atoms with Crippen LogP contribution in [0.25, 0.3) is 16.8 Å². The van der Waals surface area contributed by atoms with Crippen molar-refractivity contribution in [3.05, 3.63) is 51.8 Å². The van der Waals surface area contributed by atoms with Crippen molar-refractivity contribution in [2.45, 2.75) is 6.18 Å². The molecule has 0 unspecified atom stereocenters. The summed E-state index contributed by atoms with van der Waals surface area (Å²) < 4.78 is 41.5. The van der Waals surface area contributed by atoms with Crippen LogP contribution < -0.4 is 10.9 Å². The number of amides is 1. The Labute approximate surface area is 159 Å². The van der Waals surface area contributed by atoms with Crippen LogP contribution in [0.3, 0.4) is 0 Å². The van der Waals surface area contributed by atoms with Crippen LogP contribution in [-0.2, 0) is 18.0 Å². The van der Waals surface area contributed by atoms with E-state index in [1.165, 1.54) is 25.2 Å². The zero-order valence-electron chi connectivity index (χ0n) is 14.7. The van der Waals surface area contributed by atoms with E-state index in [0.29, 0.717) is 0 Å². The van der Waals surface area contributed by atoms with Gasteiger partial charge in [0.05, 0.1) is 11.3 Å². The second-order valence-corrected chi connectivity index (χ2v) is 5.98. The summed E-state index contributed by atoms with van der Waals surface area (Å²) in [6, 6.07) is 5.72. The lowest BCUT2D eigenvalue weighted by Gasteiger charge is -2.10. The molecule has 2 aromatic heterocycles. The first-order valence-electron chi connectivity index (χ1n) is 8.01. The number of hydrogen-bond acceptors (Lipinski definition) is 5. The number of hydrogen-bond donors (Lipinski definition) is 3. The molecule has 0 fully saturated rings. The topological polar surface area (TPSA) is 126 Å². The third-order valence-corrected chi connectivity index (χ3v) is 4.10. The van der Waals surface area contributed by atoms with E-state index in [4.69, 9.17) is 5.11 Å². The second kappa shape index (κ2) is 6.96. The molecule has 3 aromatic rings. The van der Waals surface area contributed by atoms with Gasteiger partial charge >= 0.3 is 12.1 Å². The van der Waals surface area contributed by atoms with Crippen molar-refractivity contribution in [3.63, 3.8) is 0 Å². The molecule has 0 spiro atoms. The number of carboxylic acid groups (broad SMARTS) is 1. The van der Waals surface area contributed by atoms with Crippen molar-refractivity contribution >= 4 is 17.4 Å². The van der Waals surface area contributed by atoms with Crippen LogP contribution >= 0.6 is 0 Å². The lowest BCUT2D eigenvalue weighted by atomic mass is 10.0. The summed E-state index contributed by atoms with van der Waals surface area (Å²) in [5.74, 6) is -3.35. The molecule has 1 amide bonds. The van der Waals surface area contributed by atoms with E-state index in [9.17, 15) is 32.7 Å². The van der Waals surface area contributed by atoms with Gasteiger partial charge in [0.25, 0.3) is 11.5 Å². The third kappa shape index (κ3) is 3.51. The standard InChI is InChI=1S/C17H13F3N4O5/c1-23-16(29)13(15(28)21-7-12(25)26)14(27)11-6-10(22-24(11)23)8-4-2-3-5-9(8)17(18,19)20/h2-6,27H,7H2,1H3,(H,21,28)(H,25,26). The molecule has 3 rings (SSSR count). The molecular weight excluding hydrogens is 397 g/mol. The van der Waals surface area contributed by atoms with Crippen LogP contribution in [0.1, 0.15) is 15.9 Å². The van der Waals surface area contributed by atoms with Crippen LogP contribution in [0.15, 0.2) is 35.1 Å². The van der Waals surface area contributed by atoms with Gasteiger partial charge in [-0.1, -0.05) is 18.2 Å². The average molecular weight is 410 g/mol. The fourth-order valence-electron chi connectivity index (χ4n) is 2.78. The van der Waals surface area contributed by atoms with Crippen LogP contribution in [0.5, 0.6) is 5.75 Å². The molecule has 12 heteroatoms. The zero-order chi connectivity index (χ0) is 21.5. The van der Waals surface area contributed by atoms with Gasteiger partial charge in [-0.3, -0.25) is 14.4 Å². The Kier molecular flexibility index (Phi) is 4.78. The van der Waals surface area contributed by atoms with Crippen molar-refractivity contribution in [1.82, 2.24) is 19.7 Å². The number of aromatic hydroxyl groups is 1. The number of aliphatic carboxylic acids is 1. The molecule has 1 aromatic carbocycles. The fourth-order valence-corrected chi connectivity index (χ4v) is 2.78. The lowest BCUT2D eigenvalue weighted by molar-refractivity contribution is -0.137. The average Bonchev–Trinajstić information content (AvgIpc) is 3.10. The molecule has 0 saturated carbocycles. The largest absolute Gasteiger partial charge is 0.505 e. The number of carbonyl (C=O) groups excluding carboxylic acids is 1. The number of fused-ring (bicyclic) bond motifs is 1. The predicted octanol–water partition coefficient (Wildman–Crippen LogP) is 1.24. The Morgan fingerprint density at radius 1 is 1.24 bits per heavy atom. The second-order valence-electron chi connectivity index (χ2n) is 5.98. The normalized spacial score (nSPS) is 11.6. The van der Waals surface area contributed by atoms with E-state index in [-0.39, 0.29) is 16.8 Å². The van der Waals surface area contributed by atoms with Crippen molar-refractivity contribution in [2.75, 3.05) is 6.54 Å². The number of rotatable bonds is 4. The molecule has 0 aliphatic rings. The minimum Gasteiger partial charge on any atom is -0.505 e. The number of aryl methyl sites for hydroxylation is 1. The first kappa shape index (κ1) is 19.9. The first-order chi connectivity index (χ1) is 13.5. The van der Waals surface area contributed by atoms with Gasteiger partial charge in [-0.15, -0.1) is 0 Å². The van der Waals surface area contributed by atoms with E-state index in [0.717, 1.165) is 21.4 Å². The van der Waals surface area contributed by atoms with Gasteiger partial charge in [-0.05, 0) is 12.1 Å². The summed E-state index contributed by atoms with van der Waals surface area (Å²) in [6.07, 6.45) is -4.66. The highest BCUT2D eigenvalue weighted by Crippen LogP contribution is 2.37. The van der Waals surface area contributed by atoms with Crippen molar-refractivity contribution in [1.29, 1.82) is 0 Å².